The van der Waals surface area contributed by atoms with Gasteiger partial charge in [0.05, 0.1) is 6.10 Å². The van der Waals surface area contributed by atoms with E-state index in [1.165, 1.54) is 6.07 Å². The maximum Gasteiger partial charge on any atom is 0.165 e. The van der Waals surface area contributed by atoms with Gasteiger partial charge in [-0.1, -0.05) is 29.8 Å². The minimum Gasteiger partial charge on any atom is -0.487 e. The van der Waals surface area contributed by atoms with Crippen molar-refractivity contribution >= 4 is 15.9 Å². The van der Waals surface area contributed by atoms with Crippen LogP contribution >= 0.6 is 15.9 Å². The number of aliphatic hydroxyl groups is 1. The molecule has 0 saturated heterocycles. The van der Waals surface area contributed by atoms with Crippen LogP contribution in [0.4, 0.5) is 4.39 Å². The molecule has 1 fully saturated rings. The normalized spacial score (nSPS) is 25.6. The molecule has 100 valence electrons. The highest BCUT2D eigenvalue weighted by atomic mass is 79.9. The van der Waals surface area contributed by atoms with Gasteiger partial charge in [0, 0.05) is 16.3 Å². The molecule has 1 aromatic carbocycles. The van der Waals surface area contributed by atoms with Crippen LogP contribution in [0.1, 0.15) is 33.1 Å². The minimum atomic E-state index is -0.360. The van der Waals surface area contributed by atoms with Crippen LogP contribution in [0.25, 0.3) is 0 Å². The highest BCUT2D eigenvalue weighted by Gasteiger charge is 2.53. The predicted octanol–water partition coefficient (Wildman–Crippen LogP) is 3.91. The van der Waals surface area contributed by atoms with Crippen molar-refractivity contribution in [2.24, 2.45) is 5.41 Å². The van der Waals surface area contributed by atoms with Gasteiger partial charge in [0.2, 0.25) is 0 Å². The fourth-order valence-electron chi connectivity index (χ4n) is 2.79. The molecule has 1 aromatic rings. The Morgan fingerprint density at radius 2 is 2.11 bits per heavy atom. The van der Waals surface area contributed by atoms with E-state index in [0.29, 0.717) is 6.42 Å². The molecule has 0 aromatic heterocycles. The molecule has 2 atom stereocenters. The molecule has 1 saturated carbocycles. The van der Waals surface area contributed by atoms with E-state index in [9.17, 15) is 9.50 Å². The van der Waals surface area contributed by atoms with Gasteiger partial charge in [0.25, 0.3) is 0 Å². The van der Waals surface area contributed by atoms with Crippen LogP contribution in [0.15, 0.2) is 22.7 Å². The Morgan fingerprint density at radius 3 is 2.67 bits per heavy atom. The van der Waals surface area contributed by atoms with E-state index >= 15 is 0 Å². The van der Waals surface area contributed by atoms with Gasteiger partial charge in [0.1, 0.15) is 6.10 Å². The zero-order valence-electron chi connectivity index (χ0n) is 10.6. The Kier molecular flexibility index (Phi) is 3.97. The fraction of sp³-hybridized carbons (Fsp3) is 0.571. The van der Waals surface area contributed by atoms with E-state index in [2.05, 4.69) is 15.9 Å². The molecule has 1 N–H and O–H groups in total. The second-order valence-electron chi connectivity index (χ2n) is 4.87. The SMILES string of the molecule is CCC1(CC)C(O)CC1Oc1cc(Br)ccc1F. The van der Waals surface area contributed by atoms with E-state index in [1.54, 1.807) is 12.1 Å². The smallest absolute Gasteiger partial charge is 0.165 e. The van der Waals surface area contributed by atoms with Gasteiger partial charge in [-0.2, -0.15) is 0 Å². The Morgan fingerprint density at radius 1 is 1.44 bits per heavy atom. The second kappa shape index (κ2) is 5.17. The van der Waals surface area contributed by atoms with Crippen LogP contribution < -0.4 is 4.74 Å². The molecule has 2 rings (SSSR count). The van der Waals surface area contributed by atoms with Gasteiger partial charge in [-0.3, -0.25) is 0 Å². The van der Waals surface area contributed by atoms with Gasteiger partial charge in [0.15, 0.2) is 11.6 Å². The number of benzene rings is 1. The van der Waals surface area contributed by atoms with Crippen molar-refractivity contribution in [3.05, 3.63) is 28.5 Å². The lowest BCUT2D eigenvalue weighted by Crippen LogP contribution is -2.59. The average molecular weight is 317 g/mol. The topological polar surface area (TPSA) is 29.5 Å². The van der Waals surface area contributed by atoms with Crippen molar-refractivity contribution in [3.63, 3.8) is 0 Å². The maximum atomic E-state index is 13.6. The molecule has 0 radical (unpaired) electrons. The third kappa shape index (κ3) is 2.16. The van der Waals surface area contributed by atoms with E-state index in [0.717, 1.165) is 17.3 Å². The van der Waals surface area contributed by atoms with E-state index in [-0.39, 0.29) is 29.2 Å². The van der Waals surface area contributed by atoms with Gasteiger partial charge in [-0.15, -0.1) is 0 Å². The molecule has 1 aliphatic rings. The summed E-state index contributed by atoms with van der Waals surface area (Å²) >= 11 is 3.30. The molecule has 0 heterocycles. The van der Waals surface area contributed by atoms with Crippen molar-refractivity contribution in [3.8, 4) is 5.75 Å². The Balaban J connectivity index is 2.17. The molecule has 1 aliphatic carbocycles. The first-order chi connectivity index (χ1) is 8.53. The molecule has 2 nitrogen and oxygen atoms in total. The zero-order chi connectivity index (χ0) is 13.3. The second-order valence-corrected chi connectivity index (χ2v) is 5.79. The lowest BCUT2D eigenvalue weighted by atomic mass is 9.60. The standard InChI is InChI=1S/C14H18BrFO2/c1-3-14(4-2)12(17)8-13(14)18-11-7-9(15)5-6-10(11)16/h5-7,12-13,17H,3-4,8H2,1-2H3. The van der Waals surface area contributed by atoms with Crippen molar-refractivity contribution in [1.29, 1.82) is 0 Å². The van der Waals surface area contributed by atoms with Gasteiger partial charge in [-0.05, 0) is 31.0 Å². The van der Waals surface area contributed by atoms with Crippen LogP contribution in [0.3, 0.4) is 0 Å². The van der Waals surface area contributed by atoms with Gasteiger partial charge < -0.3 is 9.84 Å². The van der Waals surface area contributed by atoms with Crippen molar-refractivity contribution < 1.29 is 14.2 Å². The lowest BCUT2D eigenvalue weighted by Gasteiger charge is -2.52. The monoisotopic (exact) mass is 316 g/mol. The molecule has 18 heavy (non-hydrogen) atoms. The zero-order valence-corrected chi connectivity index (χ0v) is 12.2. The van der Waals surface area contributed by atoms with Crippen LogP contribution in [-0.4, -0.2) is 17.3 Å². The Hall–Kier alpha value is -0.610. The minimum absolute atomic E-state index is 0.105. The van der Waals surface area contributed by atoms with Crippen LogP contribution in [-0.2, 0) is 0 Å². The number of rotatable bonds is 4. The first-order valence-electron chi connectivity index (χ1n) is 6.33. The molecular formula is C14H18BrFO2. The number of halogens is 2. The molecule has 0 amide bonds. The predicted molar refractivity (Wildman–Crippen MR) is 72.2 cm³/mol. The first kappa shape index (κ1) is 13.8. The summed E-state index contributed by atoms with van der Waals surface area (Å²) in [5.41, 5.74) is -0.227. The largest absolute Gasteiger partial charge is 0.487 e. The molecule has 0 bridgehead atoms. The maximum absolute atomic E-state index is 13.6. The summed E-state index contributed by atoms with van der Waals surface area (Å²) in [5, 5.41) is 9.95. The molecule has 4 heteroatoms. The van der Waals surface area contributed by atoms with E-state index < -0.39 is 0 Å². The van der Waals surface area contributed by atoms with Crippen LogP contribution in [0.5, 0.6) is 5.75 Å². The lowest BCUT2D eigenvalue weighted by molar-refractivity contribution is -0.160. The van der Waals surface area contributed by atoms with E-state index in [4.69, 9.17) is 4.74 Å². The Labute approximate surface area is 115 Å². The summed E-state index contributed by atoms with van der Waals surface area (Å²) in [5.74, 6) is -0.103. The van der Waals surface area contributed by atoms with Gasteiger partial charge >= 0.3 is 0 Å². The summed E-state index contributed by atoms with van der Waals surface area (Å²) in [6, 6.07) is 4.66. The van der Waals surface area contributed by atoms with Gasteiger partial charge in [-0.25, -0.2) is 4.39 Å². The van der Waals surface area contributed by atoms with E-state index in [1.807, 2.05) is 13.8 Å². The van der Waals surface area contributed by atoms with Crippen molar-refractivity contribution in [2.45, 2.75) is 45.3 Å². The molecular weight excluding hydrogens is 299 g/mol. The number of hydrogen-bond donors (Lipinski definition) is 1. The van der Waals surface area contributed by atoms with Crippen molar-refractivity contribution in [2.75, 3.05) is 0 Å². The molecule has 0 aliphatic heterocycles. The third-order valence-corrected chi connectivity index (χ3v) is 4.71. The summed E-state index contributed by atoms with van der Waals surface area (Å²) in [4.78, 5) is 0. The quantitative estimate of drug-likeness (QED) is 0.912. The molecule has 2 unspecified atom stereocenters. The third-order valence-electron chi connectivity index (χ3n) is 4.22. The van der Waals surface area contributed by atoms with Crippen LogP contribution in [0, 0.1) is 11.2 Å². The van der Waals surface area contributed by atoms with Crippen molar-refractivity contribution in [1.82, 2.24) is 0 Å². The Bertz CT molecular complexity index is 432. The number of ether oxygens (including phenoxy) is 1. The fourth-order valence-corrected chi connectivity index (χ4v) is 3.13. The average Bonchev–Trinajstić information content (AvgIpc) is 2.35. The highest BCUT2D eigenvalue weighted by Crippen LogP contribution is 2.49. The first-order valence-corrected chi connectivity index (χ1v) is 7.12. The summed E-state index contributed by atoms with van der Waals surface area (Å²) < 4.78 is 20.2. The highest BCUT2D eigenvalue weighted by molar-refractivity contribution is 9.10. The summed E-state index contributed by atoms with van der Waals surface area (Å²) in [6.45, 7) is 4.08. The molecule has 0 spiro atoms. The number of aliphatic hydroxyl groups excluding tert-OH is 1. The summed E-state index contributed by atoms with van der Waals surface area (Å²) in [6.07, 6.45) is 1.81. The summed E-state index contributed by atoms with van der Waals surface area (Å²) in [7, 11) is 0. The number of hydrogen-bond acceptors (Lipinski definition) is 2. The van der Waals surface area contributed by atoms with Crippen LogP contribution in [0.2, 0.25) is 0 Å².